The van der Waals surface area contributed by atoms with Gasteiger partial charge in [0.15, 0.2) is 6.10 Å². The minimum atomic E-state index is -1.63. The molecule has 0 radical (unpaired) electrons. The molecular weight excluding hydrogens is 384 g/mol. The third-order valence-electron chi connectivity index (χ3n) is 4.81. The number of esters is 2. The standard InChI is InChI=1S/C20H30O9/c1-13(23)28-18-14(10-17(25)26-4)9-16(11-15(24)12-22)29-20(18,27-5)19(2,3)7-6-8-21/h6-8,10,15-16,18,22,24H,9,11-12H2,1-5H3/b7-6+,14-10+/t15-,16+,18+,20-/m1/s1. The van der Waals surface area contributed by atoms with Crippen LogP contribution in [0.2, 0.25) is 0 Å². The van der Waals surface area contributed by atoms with Crippen LogP contribution in [0.4, 0.5) is 0 Å². The molecule has 4 atom stereocenters. The van der Waals surface area contributed by atoms with Crippen LogP contribution in [0.1, 0.15) is 33.6 Å². The fourth-order valence-electron chi connectivity index (χ4n) is 3.44. The molecule has 0 aromatic rings. The van der Waals surface area contributed by atoms with Gasteiger partial charge in [0.25, 0.3) is 0 Å². The Hall–Kier alpha value is -2.07. The van der Waals surface area contributed by atoms with Crippen molar-refractivity contribution in [3.8, 4) is 0 Å². The van der Waals surface area contributed by atoms with Gasteiger partial charge in [-0.3, -0.25) is 9.59 Å². The molecule has 0 unspecified atom stereocenters. The van der Waals surface area contributed by atoms with Crippen LogP contribution in [-0.4, -0.2) is 73.4 Å². The Bertz CT molecular complexity index is 652. The van der Waals surface area contributed by atoms with Crippen LogP contribution in [0.5, 0.6) is 0 Å². The molecule has 0 spiro atoms. The van der Waals surface area contributed by atoms with E-state index >= 15 is 0 Å². The molecule has 1 saturated heterocycles. The van der Waals surface area contributed by atoms with Crippen molar-refractivity contribution in [1.29, 1.82) is 0 Å². The van der Waals surface area contributed by atoms with Gasteiger partial charge in [0.1, 0.15) is 6.29 Å². The first kappa shape index (κ1) is 25.0. The predicted molar refractivity (Wildman–Crippen MR) is 102 cm³/mol. The number of carbonyl (C=O) groups is 3. The van der Waals surface area contributed by atoms with Gasteiger partial charge in [-0.1, -0.05) is 19.9 Å². The fraction of sp³-hybridized carbons (Fsp3) is 0.650. The second kappa shape index (κ2) is 10.6. The molecule has 9 nitrogen and oxygen atoms in total. The average molecular weight is 414 g/mol. The summed E-state index contributed by atoms with van der Waals surface area (Å²) in [7, 11) is 2.57. The summed E-state index contributed by atoms with van der Waals surface area (Å²) < 4.78 is 22.1. The summed E-state index contributed by atoms with van der Waals surface area (Å²) in [4.78, 5) is 34.7. The lowest BCUT2D eigenvalue weighted by Crippen LogP contribution is -2.63. The maximum Gasteiger partial charge on any atom is 0.330 e. The number of aliphatic hydroxyl groups is 2. The van der Waals surface area contributed by atoms with Crippen molar-refractivity contribution in [1.82, 2.24) is 0 Å². The van der Waals surface area contributed by atoms with Crippen LogP contribution in [0, 0.1) is 5.41 Å². The number of rotatable bonds is 9. The molecule has 0 aromatic heterocycles. The zero-order chi connectivity index (χ0) is 22.2. The molecule has 1 aliphatic rings. The van der Waals surface area contributed by atoms with Gasteiger partial charge < -0.3 is 29.2 Å². The largest absolute Gasteiger partial charge is 0.466 e. The van der Waals surface area contributed by atoms with E-state index in [0.29, 0.717) is 11.9 Å². The molecule has 1 heterocycles. The lowest BCUT2D eigenvalue weighted by atomic mass is 9.74. The number of ether oxygens (including phenoxy) is 4. The Morgan fingerprint density at radius 2 is 2.03 bits per heavy atom. The van der Waals surface area contributed by atoms with Crippen LogP contribution >= 0.6 is 0 Å². The highest BCUT2D eigenvalue weighted by Gasteiger charge is 2.58. The third kappa shape index (κ3) is 5.96. The molecule has 164 valence electrons. The summed E-state index contributed by atoms with van der Waals surface area (Å²) in [6.45, 7) is 4.17. The summed E-state index contributed by atoms with van der Waals surface area (Å²) in [6.07, 6.45) is 1.90. The molecular formula is C20H30O9. The van der Waals surface area contributed by atoms with Gasteiger partial charge in [-0.2, -0.15) is 0 Å². The van der Waals surface area contributed by atoms with Crippen molar-refractivity contribution >= 4 is 18.2 Å². The van der Waals surface area contributed by atoms with Gasteiger partial charge in [0, 0.05) is 31.9 Å². The van der Waals surface area contributed by atoms with Crippen molar-refractivity contribution in [2.24, 2.45) is 5.41 Å². The van der Waals surface area contributed by atoms with Crippen LogP contribution in [0.15, 0.2) is 23.8 Å². The van der Waals surface area contributed by atoms with E-state index in [1.54, 1.807) is 19.9 Å². The highest BCUT2D eigenvalue weighted by Crippen LogP contribution is 2.48. The van der Waals surface area contributed by atoms with E-state index in [1.165, 1.54) is 33.3 Å². The minimum absolute atomic E-state index is 0.0421. The summed E-state index contributed by atoms with van der Waals surface area (Å²) in [5, 5.41) is 19.1. The Labute approximate surface area is 170 Å². The van der Waals surface area contributed by atoms with Crippen LogP contribution in [0.25, 0.3) is 0 Å². The predicted octanol–water partition coefficient (Wildman–Crippen LogP) is 0.674. The lowest BCUT2D eigenvalue weighted by Gasteiger charge is -2.52. The van der Waals surface area contributed by atoms with Crippen molar-refractivity contribution in [3.05, 3.63) is 23.8 Å². The third-order valence-corrected chi connectivity index (χ3v) is 4.81. The van der Waals surface area contributed by atoms with E-state index in [9.17, 15) is 24.6 Å². The van der Waals surface area contributed by atoms with Crippen LogP contribution < -0.4 is 0 Å². The first-order chi connectivity index (χ1) is 13.6. The van der Waals surface area contributed by atoms with Gasteiger partial charge in [-0.25, -0.2) is 4.79 Å². The van der Waals surface area contributed by atoms with Crippen molar-refractivity contribution in [2.75, 3.05) is 20.8 Å². The van der Waals surface area contributed by atoms with Gasteiger partial charge in [-0.05, 0) is 18.1 Å². The molecule has 0 aliphatic carbocycles. The monoisotopic (exact) mass is 414 g/mol. The second-order valence-corrected chi connectivity index (χ2v) is 7.34. The van der Waals surface area contributed by atoms with Gasteiger partial charge in [-0.15, -0.1) is 0 Å². The number of methoxy groups -OCH3 is 2. The molecule has 1 aliphatic heterocycles. The minimum Gasteiger partial charge on any atom is -0.466 e. The van der Waals surface area contributed by atoms with E-state index < -0.39 is 48.1 Å². The summed E-state index contributed by atoms with van der Waals surface area (Å²) in [5.74, 6) is -2.91. The fourth-order valence-corrected chi connectivity index (χ4v) is 3.44. The zero-order valence-electron chi connectivity index (χ0n) is 17.4. The number of hydrogen-bond acceptors (Lipinski definition) is 9. The van der Waals surface area contributed by atoms with Crippen LogP contribution in [-0.2, 0) is 33.3 Å². The topological polar surface area (TPSA) is 129 Å². The molecule has 2 N–H and O–H groups in total. The van der Waals surface area contributed by atoms with E-state index in [0.717, 1.165) is 0 Å². The van der Waals surface area contributed by atoms with Crippen molar-refractivity contribution in [2.45, 2.75) is 57.7 Å². The van der Waals surface area contributed by atoms with E-state index in [-0.39, 0.29) is 12.8 Å². The van der Waals surface area contributed by atoms with Crippen LogP contribution in [0.3, 0.4) is 0 Å². The molecule has 0 saturated carbocycles. The molecule has 1 rings (SSSR count). The number of carbonyl (C=O) groups excluding carboxylic acids is 3. The van der Waals surface area contributed by atoms with Gasteiger partial charge in [0.2, 0.25) is 5.79 Å². The normalized spacial score (nSPS) is 27.6. The zero-order valence-corrected chi connectivity index (χ0v) is 17.4. The summed E-state index contributed by atoms with van der Waals surface area (Å²) in [5.41, 5.74) is -0.649. The Balaban J connectivity index is 3.61. The average Bonchev–Trinajstić information content (AvgIpc) is 2.67. The number of hydrogen-bond donors (Lipinski definition) is 2. The Kier molecular flexibility index (Phi) is 9.15. The quantitative estimate of drug-likeness (QED) is 0.318. The molecule has 0 aromatic carbocycles. The maximum absolute atomic E-state index is 11.9. The van der Waals surface area contributed by atoms with E-state index in [1.807, 2.05) is 0 Å². The molecule has 9 heteroatoms. The first-order valence-electron chi connectivity index (χ1n) is 9.17. The van der Waals surface area contributed by atoms with Gasteiger partial charge in [0.05, 0.1) is 25.9 Å². The SMILES string of the molecule is COC(=O)/C=C1\C[C@@H](C[C@@H](O)CO)O[C@@](OC)(C(C)(C)/C=C/C=O)[C@H]1OC(C)=O. The number of aldehydes is 1. The van der Waals surface area contributed by atoms with Crippen molar-refractivity contribution < 1.29 is 43.5 Å². The number of allylic oxidation sites excluding steroid dienone is 1. The second-order valence-electron chi connectivity index (χ2n) is 7.34. The Morgan fingerprint density at radius 3 is 2.52 bits per heavy atom. The summed E-state index contributed by atoms with van der Waals surface area (Å²) in [6, 6.07) is 0. The van der Waals surface area contributed by atoms with E-state index in [2.05, 4.69) is 0 Å². The molecule has 0 amide bonds. The molecule has 29 heavy (non-hydrogen) atoms. The highest BCUT2D eigenvalue weighted by atomic mass is 16.7. The molecule has 0 bridgehead atoms. The van der Waals surface area contributed by atoms with Gasteiger partial charge >= 0.3 is 11.9 Å². The number of aliphatic hydroxyl groups excluding tert-OH is 2. The smallest absolute Gasteiger partial charge is 0.330 e. The maximum atomic E-state index is 11.9. The first-order valence-corrected chi connectivity index (χ1v) is 9.17. The highest BCUT2D eigenvalue weighted by molar-refractivity contribution is 5.83. The Morgan fingerprint density at radius 1 is 1.38 bits per heavy atom. The van der Waals surface area contributed by atoms with E-state index in [4.69, 9.17) is 18.9 Å². The van der Waals surface area contributed by atoms with Crippen molar-refractivity contribution in [3.63, 3.8) is 0 Å². The lowest BCUT2D eigenvalue weighted by molar-refractivity contribution is -0.337. The summed E-state index contributed by atoms with van der Waals surface area (Å²) >= 11 is 0. The molecule has 1 fully saturated rings.